The Kier molecular flexibility index (Phi) is 4.88. The second kappa shape index (κ2) is 7.25. The second-order valence-corrected chi connectivity index (χ2v) is 5.93. The van der Waals surface area contributed by atoms with Crippen LogP contribution in [0, 0.1) is 0 Å². The lowest BCUT2D eigenvalue weighted by Gasteiger charge is -2.23. The van der Waals surface area contributed by atoms with E-state index in [1.165, 1.54) is 5.56 Å². The number of carboxylic acid groups (broad SMARTS) is 1. The fourth-order valence-corrected chi connectivity index (χ4v) is 2.90. The maximum atomic E-state index is 12.6. The zero-order valence-corrected chi connectivity index (χ0v) is 14.0. The molecule has 0 atom stereocenters. The van der Waals surface area contributed by atoms with Crippen LogP contribution >= 0.6 is 0 Å². The SMILES string of the molecule is CN(C(=O)CN1CCc2ccccc21)c1ccc(OCC(=O)O)cc1. The van der Waals surface area contributed by atoms with Crippen LogP contribution in [0.2, 0.25) is 0 Å². The van der Waals surface area contributed by atoms with E-state index >= 15 is 0 Å². The van der Waals surface area contributed by atoms with E-state index in [1.54, 1.807) is 36.2 Å². The Morgan fingerprint density at radius 2 is 1.88 bits per heavy atom. The lowest BCUT2D eigenvalue weighted by Crippen LogP contribution is -2.37. The van der Waals surface area contributed by atoms with E-state index in [0.717, 1.165) is 24.3 Å². The lowest BCUT2D eigenvalue weighted by atomic mass is 10.2. The highest BCUT2D eigenvalue weighted by atomic mass is 16.5. The standard InChI is InChI=1S/C19H20N2O4/c1-20(15-6-8-16(9-7-15)25-13-19(23)24)18(22)12-21-11-10-14-4-2-3-5-17(14)21/h2-9H,10-13H2,1H3,(H,23,24). The van der Waals surface area contributed by atoms with Crippen molar-refractivity contribution in [3.63, 3.8) is 0 Å². The van der Waals surface area contributed by atoms with Crippen molar-refractivity contribution in [3.8, 4) is 5.75 Å². The molecular weight excluding hydrogens is 320 g/mol. The molecular formula is C19H20N2O4. The molecule has 6 heteroatoms. The van der Waals surface area contributed by atoms with Crippen LogP contribution in [0.4, 0.5) is 11.4 Å². The lowest BCUT2D eigenvalue weighted by molar-refractivity contribution is -0.139. The number of carboxylic acids is 1. The van der Waals surface area contributed by atoms with Crippen LogP contribution in [-0.2, 0) is 16.0 Å². The average molecular weight is 340 g/mol. The van der Waals surface area contributed by atoms with Crippen LogP contribution in [0.3, 0.4) is 0 Å². The van der Waals surface area contributed by atoms with E-state index in [1.807, 2.05) is 18.2 Å². The molecule has 6 nitrogen and oxygen atoms in total. The summed E-state index contributed by atoms with van der Waals surface area (Å²) >= 11 is 0. The van der Waals surface area contributed by atoms with E-state index in [-0.39, 0.29) is 12.5 Å². The number of carbonyl (C=O) groups excluding carboxylic acids is 1. The number of ether oxygens (including phenoxy) is 1. The van der Waals surface area contributed by atoms with Gasteiger partial charge in [0.05, 0.1) is 6.54 Å². The number of para-hydroxylation sites is 1. The smallest absolute Gasteiger partial charge is 0.341 e. The predicted molar refractivity (Wildman–Crippen MR) is 95.3 cm³/mol. The van der Waals surface area contributed by atoms with Gasteiger partial charge < -0.3 is 19.6 Å². The number of rotatable bonds is 6. The van der Waals surface area contributed by atoms with Gasteiger partial charge in [-0.15, -0.1) is 0 Å². The first-order chi connectivity index (χ1) is 12.0. The Bertz CT molecular complexity index is 773. The van der Waals surface area contributed by atoms with Gasteiger partial charge in [0, 0.05) is 25.0 Å². The highest BCUT2D eigenvalue weighted by Crippen LogP contribution is 2.27. The summed E-state index contributed by atoms with van der Waals surface area (Å²) in [5.74, 6) is -0.571. The minimum atomic E-state index is -1.03. The number of amides is 1. The number of benzene rings is 2. The fourth-order valence-electron chi connectivity index (χ4n) is 2.90. The summed E-state index contributed by atoms with van der Waals surface area (Å²) in [6.45, 7) is 0.786. The number of aliphatic carboxylic acids is 1. The summed E-state index contributed by atoms with van der Waals surface area (Å²) in [6.07, 6.45) is 0.961. The van der Waals surface area contributed by atoms with E-state index in [2.05, 4.69) is 11.0 Å². The number of nitrogens with zero attached hydrogens (tertiary/aromatic N) is 2. The van der Waals surface area contributed by atoms with Gasteiger partial charge in [-0.25, -0.2) is 4.79 Å². The molecule has 0 radical (unpaired) electrons. The van der Waals surface area contributed by atoms with Gasteiger partial charge in [-0.1, -0.05) is 18.2 Å². The van der Waals surface area contributed by atoms with Gasteiger partial charge in [-0.05, 0) is 42.3 Å². The number of anilines is 2. The van der Waals surface area contributed by atoms with Gasteiger partial charge in [-0.3, -0.25) is 4.79 Å². The summed E-state index contributed by atoms with van der Waals surface area (Å²) in [7, 11) is 1.73. The summed E-state index contributed by atoms with van der Waals surface area (Å²) in [5.41, 5.74) is 3.14. The van der Waals surface area contributed by atoms with Crippen molar-refractivity contribution in [2.75, 3.05) is 36.5 Å². The molecule has 1 aliphatic heterocycles. The minimum absolute atomic E-state index is 0.00379. The number of likely N-dealkylation sites (N-methyl/N-ethyl adjacent to an activating group) is 1. The number of hydrogen-bond acceptors (Lipinski definition) is 4. The largest absolute Gasteiger partial charge is 0.482 e. The van der Waals surface area contributed by atoms with Gasteiger partial charge >= 0.3 is 5.97 Å². The van der Waals surface area contributed by atoms with Crippen molar-refractivity contribution in [3.05, 3.63) is 54.1 Å². The number of hydrogen-bond donors (Lipinski definition) is 1. The van der Waals surface area contributed by atoms with E-state index in [4.69, 9.17) is 9.84 Å². The van der Waals surface area contributed by atoms with Crippen LogP contribution in [0.1, 0.15) is 5.56 Å². The summed E-state index contributed by atoms with van der Waals surface area (Å²) < 4.78 is 5.10. The van der Waals surface area contributed by atoms with E-state index in [0.29, 0.717) is 12.3 Å². The fraction of sp³-hybridized carbons (Fsp3) is 0.263. The van der Waals surface area contributed by atoms with Crippen molar-refractivity contribution < 1.29 is 19.4 Å². The van der Waals surface area contributed by atoms with Crippen molar-refractivity contribution >= 4 is 23.3 Å². The average Bonchev–Trinajstić information content (AvgIpc) is 3.03. The summed E-state index contributed by atoms with van der Waals surface area (Å²) in [4.78, 5) is 26.8. The molecule has 130 valence electrons. The molecule has 0 saturated carbocycles. The summed E-state index contributed by atoms with van der Waals surface area (Å²) in [5, 5.41) is 8.61. The Labute approximate surface area is 146 Å². The molecule has 0 spiro atoms. The zero-order valence-electron chi connectivity index (χ0n) is 14.0. The molecule has 0 saturated heterocycles. The van der Waals surface area contributed by atoms with Crippen molar-refractivity contribution in [2.45, 2.75) is 6.42 Å². The molecule has 0 aliphatic carbocycles. The van der Waals surface area contributed by atoms with Gasteiger partial charge in [0.25, 0.3) is 0 Å². The molecule has 1 N–H and O–H groups in total. The van der Waals surface area contributed by atoms with Crippen LogP contribution in [0.15, 0.2) is 48.5 Å². The van der Waals surface area contributed by atoms with Gasteiger partial charge in [0.2, 0.25) is 5.91 Å². The molecule has 2 aromatic carbocycles. The van der Waals surface area contributed by atoms with E-state index in [9.17, 15) is 9.59 Å². The third kappa shape index (κ3) is 3.91. The third-order valence-electron chi connectivity index (χ3n) is 4.27. The highest BCUT2D eigenvalue weighted by molar-refractivity contribution is 5.96. The topological polar surface area (TPSA) is 70.1 Å². The Morgan fingerprint density at radius 3 is 2.60 bits per heavy atom. The molecule has 0 aromatic heterocycles. The molecule has 1 heterocycles. The third-order valence-corrected chi connectivity index (χ3v) is 4.27. The Hall–Kier alpha value is -3.02. The molecule has 1 aliphatic rings. The van der Waals surface area contributed by atoms with Crippen molar-refractivity contribution in [1.29, 1.82) is 0 Å². The molecule has 0 fully saturated rings. The first-order valence-electron chi connectivity index (χ1n) is 8.08. The molecule has 3 rings (SSSR count). The van der Waals surface area contributed by atoms with Crippen molar-refractivity contribution in [2.24, 2.45) is 0 Å². The maximum Gasteiger partial charge on any atom is 0.341 e. The minimum Gasteiger partial charge on any atom is -0.482 e. The first kappa shape index (κ1) is 16.8. The van der Waals surface area contributed by atoms with Crippen LogP contribution in [-0.4, -0.2) is 43.7 Å². The maximum absolute atomic E-state index is 12.6. The van der Waals surface area contributed by atoms with Gasteiger partial charge in [-0.2, -0.15) is 0 Å². The molecule has 0 unspecified atom stereocenters. The Balaban J connectivity index is 1.62. The normalized spacial score (nSPS) is 12.6. The van der Waals surface area contributed by atoms with Crippen molar-refractivity contribution in [1.82, 2.24) is 0 Å². The molecule has 0 bridgehead atoms. The monoisotopic (exact) mass is 340 g/mol. The number of fused-ring (bicyclic) bond motifs is 1. The van der Waals surface area contributed by atoms with Crippen LogP contribution in [0.25, 0.3) is 0 Å². The highest BCUT2D eigenvalue weighted by Gasteiger charge is 2.22. The van der Waals surface area contributed by atoms with E-state index < -0.39 is 5.97 Å². The van der Waals surface area contributed by atoms with Gasteiger partial charge in [0.15, 0.2) is 6.61 Å². The molecule has 1 amide bonds. The summed E-state index contributed by atoms with van der Waals surface area (Å²) in [6, 6.07) is 15.0. The quantitative estimate of drug-likeness (QED) is 0.873. The van der Waals surface area contributed by atoms with Crippen LogP contribution < -0.4 is 14.5 Å². The van der Waals surface area contributed by atoms with Crippen LogP contribution in [0.5, 0.6) is 5.75 Å². The van der Waals surface area contributed by atoms with Gasteiger partial charge in [0.1, 0.15) is 5.75 Å². The number of carbonyl (C=O) groups is 2. The zero-order chi connectivity index (χ0) is 17.8. The second-order valence-electron chi connectivity index (χ2n) is 5.93. The predicted octanol–water partition coefficient (Wildman–Crippen LogP) is 2.18. The Morgan fingerprint density at radius 1 is 1.16 bits per heavy atom. The first-order valence-corrected chi connectivity index (χ1v) is 8.08. The molecule has 2 aromatic rings. The molecule has 25 heavy (non-hydrogen) atoms.